The second kappa shape index (κ2) is 3.99. The normalized spacial score (nSPS) is 13.8. The van der Waals surface area contributed by atoms with Crippen LogP contribution in [0.5, 0.6) is 0 Å². The number of nitrogens with two attached hydrogens (primary N) is 1. The Morgan fingerprint density at radius 3 is 2.12 bits per heavy atom. The third-order valence-electron chi connectivity index (χ3n) is 2.19. The first-order valence-electron chi connectivity index (χ1n) is 4.67. The van der Waals surface area contributed by atoms with Gasteiger partial charge < -0.3 is 5.73 Å². The average molecular weight is 267 g/mol. The van der Waals surface area contributed by atoms with Gasteiger partial charge in [0.25, 0.3) is 9.84 Å². The largest absolute Gasteiger partial charge is 0.501 e. The molecule has 2 N–H and O–H groups in total. The van der Waals surface area contributed by atoms with Crippen LogP contribution in [0.1, 0.15) is 19.4 Å². The lowest BCUT2D eigenvalue weighted by Gasteiger charge is -2.20. The van der Waals surface area contributed by atoms with Gasteiger partial charge in [-0.15, -0.1) is 0 Å². The first kappa shape index (κ1) is 14.0. The highest BCUT2D eigenvalue weighted by Crippen LogP contribution is 2.31. The predicted molar refractivity (Wildman–Crippen MR) is 56.9 cm³/mol. The molecule has 0 aliphatic carbocycles. The number of alkyl halides is 3. The highest BCUT2D eigenvalue weighted by Gasteiger charge is 2.47. The predicted octanol–water partition coefficient (Wildman–Crippen LogP) is 2.17. The Bertz CT molecular complexity index is 515. The molecule has 3 nitrogen and oxygen atoms in total. The summed E-state index contributed by atoms with van der Waals surface area (Å²) in [5.41, 5.74) is -0.183. The Morgan fingerprint density at radius 1 is 1.18 bits per heavy atom. The Hall–Kier alpha value is -1.08. The molecule has 0 aromatic heterocycles. The van der Waals surface area contributed by atoms with E-state index in [0.29, 0.717) is 5.56 Å². The van der Waals surface area contributed by atoms with Crippen LogP contribution in [0.15, 0.2) is 29.2 Å². The molecule has 0 amide bonds. The molecule has 0 saturated heterocycles. The molecule has 0 bridgehead atoms. The van der Waals surface area contributed by atoms with Crippen molar-refractivity contribution in [2.45, 2.75) is 29.8 Å². The van der Waals surface area contributed by atoms with Gasteiger partial charge in [0.1, 0.15) is 0 Å². The van der Waals surface area contributed by atoms with Crippen molar-refractivity contribution in [3.63, 3.8) is 0 Å². The van der Waals surface area contributed by atoms with Crippen molar-refractivity contribution in [3.05, 3.63) is 29.8 Å². The molecular weight excluding hydrogens is 255 g/mol. The van der Waals surface area contributed by atoms with Crippen LogP contribution in [0.25, 0.3) is 0 Å². The van der Waals surface area contributed by atoms with Crippen LogP contribution < -0.4 is 5.73 Å². The Morgan fingerprint density at radius 2 is 1.71 bits per heavy atom. The van der Waals surface area contributed by atoms with Gasteiger partial charge in [-0.25, -0.2) is 8.42 Å². The fourth-order valence-electron chi connectivity index (χ4n) is 1.20. The van der Waals surface area contributed by atoms with E-state index < -0.39 is 25.8 Å². The topological polar surface area (TPSA) is 60.2 Å². The zero-order valence-corrected chi connectivity index (χ0v) is 10.1. The number of hydrogen-bond donors (Lipinski definition) is 1. The summed E-state index contributed by atoms with van der Waals surface area (Å²) in [6, 6.07) is 4.57. The molecule has 0 radical (unpaired) electrons. The summed E-state index contributed by atoms with van der Waals surface area (Å²) in [6.07, 6.45) is 0. The Kier molecular flexibility index (Phi) is 3.28. The monoisotopic (exact) mass is 267 g/mol. The van der Waals surface area contributed by atoms with Crippen LogP contribution in [-0.4, -0.2) is 13.9 Å². The van der Waals surface area contributed by atoms with Crippen molar-refractivity contribution in [3.8, 4) is 0 Å². The van der Waals surface area contributed by atoms with Crippen LogP contribution in [0, 0.1) is 0 Å². The zero-order chi connectivity index (χ0) is 13.5. The summed E-state index contributed by atoms with van der Waals surface area (Å²) in [5.74, 6) is 0. The lowest BCUT2D eigenvalue weighted by atomic mass is 9.96. The molecule has 0 atom stereocenters. The van der Waals surface area contributed by atoms with E-state index in [1.165, 1.54) is 12.1 Å². The van der Waals surface area contributed by atoms with Gasteiger partial charge >= 0.3 is 5.51 Å². The SMILES string of the molecule is CC(C)(N)c1cccc(S(=O)(=O)C(F)(F)F)c1. The summed E-state index contributed by atoms with van der Waals surface area (Å²) >= 11 is 0. The molecule has 0 heterocycles. The van der Waals surface area contributed by atoms with Gasteiger partial charge in [0.05, 0.1) is 4.90 Å². The molecule has 0 fully saturated rings. The Labute approximate surface area is 97.4 Å². The van der Waals surface area contributed by atoms with E-state index in [1.54, 1.807) is 13.8 Å². The van der Waals surface area contributed by atoms with E-state index in [2.05, 4.69) is 0 Å². The molecule has 1 aromatic carbocycles. The van der Waals surface area contributed by atoms with Crippen LogP contribution in [-0.2, 0) is 15.4 Å². The first-order chi connectivity index (χ1) is 7.46. The summed E-state index contributed by atoms with van der Waals surface area (Å²) in [4.78, 5) is -0.791. The van der Waals surface area contributed by atoms with E-state index in [-0.39, 0.29) is 0 Å². The lowest BCUT2D eigenvalue weighted by molar-refractivity contribution is -0.0436. The molecule has 7 heteroatoms. The van der Waals surface area contributed by atoms with Gasteiger partial charge in [0.15, 0.2) is 0 Å². The van der Waals surface area contributed by atoms with E-state index in [9.17, 15) is 21.6 Å². The lowest BCUT2D eigenvalue weighted by Crippen LogP contribution is -2.29. The van der Waals surface area contributed by atoms with Crippen LogP contribution in [0.4, 0.5) is 13.2 Å². The minimum Gasteiger partial charge on any atom is -0.322 e. The number of benzene rings is 1. The second-order valence-corrected chi connectivity index (χ2v) is 6.14. The molecule has 1 rings (SSSR count). The minimum absolute atomic E-state index is 0.322. The van der Waals surface area contributed by atoms with Crippen molar-refractivity contribution in [1.29, 1.82) is 0 Å². The first-order valence-corrected chi connectivity index (χ1v) is 6.15. The van der Waals surface area contributed by atoms with E-state index in [4.69, 9.17) is 5.73 Å². The fourth-order valence-corrected chi connectivity index (χ4v) is 2.00. The van der Waals surface area contributed by atoms with E-state index >= 15 is 0 Å². The maximum Gasteiger partial charge on any atom is 0.501 e. The molecule has 0 spiro atoms. The third-order valence-corrected chi connectivity index (χ3v) is 3.68. The summed E-state index contributed by atoms with van der Waals surface area (Å²) in [6.45, 7) is 3.15. The second-order valence-electron chi connectivity index (χ2n) is 4.20. The van der Waals surface area contributed by atoms with Crippen molar-refractivity contribution < 1.29 is 21.6 Å². The smallest absolute Gasteiger partial charge is 0.322 e. The number of sulfone groups is 1. The highest BCUT2D eigenvalue weighted by molar-refractivity contribution is 7.92. The van der Waals surface area contributed by atoms with Gasteiger partial charge in [0, 0.05) is 5.54 Å². The van der Waals surface area contributed by atoms with Crippen molar-refractivity contribution in [2.24, 2.45) is 5.73 Å². The van der Waals surface area contributed by atoms with Crippen LogP contribution >= 0.6 is 0 Å². The number of hydrogen-bond acceptors (Lipinski definition) is 3. The molecule has 0 aliphatic rings. The van der Waals surface area contributed by atoms with Gasteiger partial charge in [-0.05, 0) is 31.5 Å². The molecule has 0 unspecified atom stereocenters. The molecule has 96 valence electrons. The summed E-state index contributed by atoms with van der Waals surface area (Å²) in [5, 5.41) is 0. The van der Waals surface area contributed by atoms with Crippen LogP contribution in [0.3, 0.4) is 0 Å². The molecular formula is C10H12F3NO2S. The number of halogens is 3. The highest BCUT2D eigenvalue weighted by atomic mass is 32.2. The molecule has 0 saturated carbocycles. The fraction of sp³-hybridized carbons (Fsp3) is 0.400. The van der Waals surface area contributed by atoms with Gasteiger partial charge in [-0.2, -0.15) is 13.2 Å². The van der Waals surface area contributed by atoms with E-state index in [0.717, 1.165) is 12.1 Å². The van der Waals surface area contributed by atoms with Crippen molar-refractivity contribution in [1.82, 2.24) is 0 Å². The minimum atomic E-state index is -5.31. The van der Waals surface area contributed by atoms with Gasteiger partial charge in [-0.1, -0.05) is 12.1 Å². The van der Waals surface area contributed by atoms with Crippen LogP contribution in [0.2, 0.25) is 0 Å². The molecule has 0 aliphatic heterocycles. The maximum absolute atomic E-state index is 12.3. The van der Waals surface area contributed by atoms with Crippen molar-refractivity contribution >= 4 is 9.84 Å². The quantitative estimate of drug-likeness (QED) is 0.893. The average Bonchev–Trinajstić information content (AvgIpc) is 2.15. The summed E-state index contributed by atoms with van der Waals surface area (Å²) in [7, 11) is -5.31. The maximum atomic E-state index is 12.3. The summed E-state index contributed by atoms with van der Waals surface area (Å²) < 4.78 is 59.3. The zero-order valence-electron chi connectivity index (χ0n) is 9.25. The van der Waals surface area contributed by atoms with Gasteiger partial charge in [0.2, 0.25) is 0 Å². The van der Waals surface area contributed by atoms with Crippen molar-refractivity contribution in [2.75, 3.05) is 0 Å². The molecule has 17 heavy (non-hydrogen) atoms. The Balaban J connectivity index is 3.37. The molecule has 1 aromatic rings. The van der Waals surface area contributed by atoms with Gasteiger partial charge in [-0.3, -0.25) is 0 Å². The number of rotatable bonds is 2. The van der Waals surface area contributed by atoms with E-state index in [1.807, 2.05) is 0 Å². The standard InChI is InChI=1S/C10H12F3NO2S/c1-9(2,14)7-4-3-5-8(6-7)17(15,16)10(11,12)13/h3-6H,14H2,1-2H3. The third kappa shape index (κ3) is 2.78.